The Kier molecular flexibility index (Phi) is 3.85. The third-order valence-corrected chi connectivity index (χ3v) is 5.25. The number of nitrogens with zero attached hydrogens (tertiary/aromatic N) is 6. The second kappa shape index (κ2) is 6.40. The molecule has 28 heavy (non-hydrogen) atoms. The second-order valence-corrected chi connectivity index (χ2v) is 7.02. The van der Waals surface area contributed by atoms with Gasteiger partial charge in [-0.1, -0.05) is 0 Å². The summed E-state index contributed by atoms with van der Waals surface area (Å²) in [5.74, 6) is 1.40. The lowest BCUT2D eigenvalue weighted by Gasteiger charge is -2.10. The Labute approximate surface area is 160 Å². The van der Waals surface area contributed by atoms with E-state index in [2.05, 4.69) is 20.3 Å². The molecule has 0 saturated carbocycles. The van der Waals surface area contributed by atoms with Gasteiger partial charge in [-0.25, -0.2) is 9.37 Å². The predicted molar refractivity (Wildman–Crippen MR) is 101 cm³/mol. The largest absolute Gasteiger partial charge is 0.493 e. The van der Waals surface area contributed by atoms with Gasteiger partial charge in [0.05, 0.1) is 12.3 Å². The first-order valence-electron chi connectivity index (χ1n) is 9.23. The van der Waals surface area contributed by atoms with Crippen molar-refractivity contribution < 1.29 is 9.13 Å². The molecule has 1 aliphatic heterocycles. The number of aromatic nitrogens is 6. The van der Waals surface area contributed by atoms with Crippen molar-refractivity contribution in [1.82, 2.24) is 29.4 Å². The van der Waals surface area contributed by atoms with Crippen LogP contribution in [-0.2, 0) is 26.3 Å². The third-order valence-electron chi connectivity index (χ3n) is 5.25. The number of ether oxygens (including phenoxy) is 1. The number of fused-ring (bicyclic) bond motifs is 2. The highest BCUT2D eigenvalue weighted by atomic mass is 19.1. The third kappa shape index (κ3) is 2.64. The number of aryl methyl sites for hydroxylation is 3. The molecule has 1 aliphatic rings. The Morgan fingerprint density at radius 2 is 2.11 bits per heavy atom. The molecular weight excluding hydrogens is 359 g/mol. The molecule has 0 N–H and O–H groups in total. The van der Waals surface area contributed by atoms with Crippen LogP contribution in [0.15, 0.2) is 30.9 Å². The average Bonchev–Trinajstić information content (AvgIpc) is 3.40. The van der Waals surface area contributed by atoms with Gasteiger partial charge >= 0.3 is 0 Å². The van der Waals surface area contributed by atoms with Crippen LogP contribution in [0.25, 0.3) is 16.8 Å². The Bertz CT molecular complexity index is 1200. The first kappa shape index (κ1) is 16.9. The van der Waals surface area contributed by atoms with Crippen LogP contribution in [0.3, 0.4) is 0 Å². The molecule has 0 aliphatic carbocycles. The maximum absolute atomic E-state index is 14.4. The van der Waals surface area contributed by atoms with Gasteiger partial charge in [0, 0.05) is 49.0 Å². The van der Waals surface area contributed by atoms with Crippen molar-refractivity contribution in [3.8, 4) is 16.9 Å². The van der Waals surface area contributed by atoms with E-state index in [0.29, 0.717) is 25.0 Å². The SMILES string of the molecule is Cc1nn(C)cc1-c1cnc(CCc2c(F)ccc3c2CCO3)n2cnnc12. The maximum atomic E-state index is 14.4. The van der Waals surface area contributed by atoms with Crippen LogP contribution in [0.1, 0.15) is 22.6 Å². The molecule has 0 spiro atoms. The summed E-state index contributed by atoms with van der Waals surface area (Å²) in [4.78, 5) is 4.64. The van der Waals surface area contributed by atoms with Gasteiger partial charge < -0.3 is 4.74 Å². The molecule has 0 fully saturated rings. The summed E-state index contributed by atoms with van der Waals surface area (Å²) in [7, 11) is 1.88. The molecule has 0 atom stereocenters. The van der Waals surface area contributed by atoms with E-state index in [4.69, 9.17) is 4.74 Å². The number of rotatable bonds is 4. The Hall–Kier alpha value is -3.29. The van der Waals surface area contributed by atoms with Gasteiger partial charge in [0.1, 0.15) is 23.7 Å². The summed E-state index contributed by atoms with van der Waals surface area (Å²) >= 11 is 0. The van der Waals surface area contributed by atoms with Crippen LogP contribution in [0.2, 0.25) is 0 Å². The summed E-state index contributed by atoms with van der Waals surface area (Å²) in [5, 5.41) is 12.7. The smallest absolute Gasteiger partial charge is 0.171 e. The number of hydrogen-bond acceptors (Lipinski definition) is 5. The summed E-state index contributed by atoms with van der Waals surface area (Å²) in [6.45, 7) is 2.57. The van der Waals surface area contributed by atoms with Gasteiger partial charge in [0.25, 0.3) is 0 Å². The first-order valence-corrected chi connectivity index (χ1v) is 9.23. The standard InChI is InChI=1S/C20H19FN6O/c1-12-16(10-26(2)25-12)15-9-22-19(27-11-23-24-20(15)27)6-3-13-14-7-8-28-18(14)5-4-17(13)21/h4-5,9-11H,3,6-8H2,1-2H3. The van der Waals surface area contributed by atoms with Crippen molar-refractivity contribution in [2.45, 2.75) is 26.2 Å². The van der Waals surface area contributed by atoms with E-state index in [0.717, 1.165) is 46.0 Å². The van der Waals surface area contributed by atoms with Crippen LogP contribution in [0, 0.1) is 12.7 Å². The van der Waals surface area contributed by atoms with Gasteiger partial charge in [-0.15, -0.1) is 10.2 Å². The quantitative estimate of drug-likeness (QED) is 0.546. The predicted octanol–water partition coefficient (Wildman–Crippen LogP) is 2.69. The Morgan fingerprint density at radius 1 is 1.21 bits per heavy atom. The zero-order chi connectivity index (χ0) is 19.3. The molecule has 3 aromatic heterocycles. The molecule has 8 heteroatoms. The number of benzene rings is 1. The highest BCUT2D eigenvalue weighted by Gasteiger charge is 2.20. The lowest BCUT2D eigenvalue weighted by molar-refractivity contribution is 0.356. The van der Waals surface area contributed by atoms with Gasteiger partial charge in [0.2, 0.25) is 0 Å². The topological polar surface area (TPSA) is 70.1 Å². The minimum absolute atomic E-state index is 0.188. The Balaban J connectivity index is 1.50. The van der Waals surface area contributed by atoms with Gasteiger partial charge in [0.15, 0.2) is 5.65 Å². The summed E-state index contributed by atoms with van der Waals surface area (Å²) in [6.07, 6.45) is 7.28. The zero-order valence-corrected chi connectivity index (χ0v) is 15.7. The number of halogens is 1. The van der Waals surface area contributed by atoms with Gasteiger partial charge in [-0.2, -0.15) is 5.10 Å². The van der Waals surface area contributed by atoms with Crippen LogP contribution in [0.5, 0.6) is 5.75 Å². The van der Waals surface area contributed by atoms with E-state index in [1.165, 1.54) is 6.07 Å². The van der Waals surface area contributed by atoms with Gasteiger partial charge in [-0.05, 0) is 31.0 Å². The van der Waals surface area contributed by atoms with Crippen molar-refractivity contribution in [3.63, 3.8) is 0 Å². The monoisotopic (exact) mass is 378 g/mol. The van der Waals surface area contributed by atoms with E-state index < -0.39 is 0 Å². The molecular formula is C20H19FN6O. The molecule has 142 valence electrons. The fourth-order valence-electron chi connectivity index (χ4n) is 3.93. The van der Waals surface area contributed by atoms with Crippen LogP contribution in [0.4, 0.5) is 4.39 Å². The zero-order valence-electron chi connectivity index (χ0n) is 15.7. The summed E-state index contributed by atoms with van der Waals surface area (Å²) in [5.41, 5.74) is 5.18. The van der Waals surface area contributed by atoms with Crippen molar-refractivity contribution >= 4 is 5.65 Å². The Morgan fingerprint density at radius 3 is 2.93 bits per heavy atom. The first-order chi connectivity index (χ1) is 13.6. The fraction of sp³-hybridized carbons (Fsp3) is 0.300. The van der Waals surface area contributed by atoms with Crippen LogP contribution < -0.4 is 4.74 Å². The van der Waals surface area contributed by atoms with Crippen molar-refractivity contribution in [1.29, 1.82) is 0 Å². The fourth-order valence-corrected chi connectivity index (χ4v) is 3.93. The minimum Gasteiger partial charge on any atom is -0.493 e. The molecule has 7 nitrogen and oxygen atoms in total. The molecule has 1 aromatic carbocycles. The van der Waals surface area contributed by atoms with E-state index in [9.17, 15) is 4.39 Å². The summed E-state index contributed by atoms with van der Waals surface area (Å²) < 4.78 is 23.6. The minimum atomic E-state index is -0.188. The second-order valence-electron chi connectivity index (χ2n) is 7.02. The van der Waals surface area contributed by atoms with Crippen LogP contribution >= 0.6 is 0 Å². The molecule has 0 amide bonds. The molecule has 0 radical (unpaired) electrons. The van der Waals surface area contributed by atoms with Crippen molar-refractivity contribution in [3.05, 3.63) is 59.3 Å². The van der Waals surface area contributed by atoms with Gasteiger partial charge in [-0.3, -0.25) is 9.08 Å². The molecule has 0 bridgehead atoms. The lowest BCUT2D eigenvalue weighted by atomic mass is 10.00. The molecule has 0 unspecified atom stereocenters. The maximum Gasteiger partial charge on any atom is 0.171 e. The normalized spacial score (nSPS) is 13.1. The molecule has 0 saturated heterocycles. The van der Waals surface area contributed by atoms with Crippen LogP contribution in [-0.4, -0.2) is 36.0 Å². The van der Waals surface area contributed by atoms with E-state index in [1.807, 2.05) is 24.6 Å². The van der Waals surface area contributed by atoms with E-state index in [-0.39, 0.29) is 5.82 Å². The molecule has 4 heterocycles. The van der Waals surface area contributed by atoms with Crippen molar-refractivity contribution in [2.24, 2.45) is 7.05 Å². The molecule has 5 rings (SSSR count). The van der Waals surface area contributed by atoms with E-state index >= 15 is 0 Å². The molecule has 4 aromatic rings. The van der Waals surface area contributed by atoms with Crippen molar-refractivity contribution in [2.75, 3.05) is 6.61 Å². The summed E-state index contributed by atoms with van der Waals surface area (Å²) in [6, 6.07) is 3.19. The number of hydrogen-bond donors (Lipinski definition) is 0. The highest BCUT2D eigenvalue weighted by Crippen LogP contribution is 2.31. The highest BCUT2D eigenvalue weighted by molar-refractivity contribution is 5.77. The average molecular weight is 378 g/mol. The lowest BCUT2D eigenvalue weighted by Crippen LogP contribution is -2.06. The van der Waals surface area contributed by atoms with E-state index in [1.54, 1.807) is 23.3 Å².